The monoisotopic (exact) mass is 516 g/mol. The minimum absolute atomic E-state index is 0. The smallest absolute Gasteiger partial charge is 0.410 e. The van der Waals surface area contributed by atoms with Crippen molar-refractivity contribution in [1.82, 2.24) is 15.1 Å². The molecule has 0 aromatic heterocycles. The van der Waals surface area contributed by atoms with E-state index in [1.54, 1.807) is 12.0 Å². The number of aryl methyl sites for hydroxylation is 1. The fourth-order valence-electron chi connectivity index (χ4n) is 3.54. The highest BCUT2D eigenvalue weighted by atomic mass is 127. The van der Waals surface area contributed by atoms with E-state index in [-0.39, 0.29) is 36.1 Å². The van der Waals surface area contributed by atoms with Gasteiger partial charge >= 0.3 is 6.09 Å². The number of halogens is 1. The lowest BCUT2D eigenvalue weighted by Gasteiger charge is -2.39. The van der Waals surface area contributed by atoms with Crippen LogP contribution >= 0.6 is 24.0 Å². The van der Waals surface area contributed by atoms with E-state index in [9.17, 15) is 4.79 Å². The van der Waals surface area contributed by atoms with Crippen molar-refractivity contribution in [3.8, 4) is 5.75 Å². The molecule has 1 saturated heterocycles. The number of methoxy groups -OCH3 is 1. The van der Waals surface area contributed by atoms with Gasteiger partial charge in [-0.05, 0) is 51.3 Å². The number of hydrogen-bond acceptors (Lipinski definition) is 6. The summed E-state index contributed by atoms with van der Waals surface area (Å²) in [6.07, 6.45) is 1.79. The van der Waals surface area contributed by atoms with Gasteiger partial charge < -0.3 is 24.6 Å². The molecular weight excluding hydrogens is 483 g/mol. The maximum absolute atomic E-state index is 12.3. The van der Waals surface area contributed by atoms with Crippen molar-refractivity contribution in [1.29, 1.82) is 0 Å². The zero-order valence-electron chi connectivity index (χ0n) is 17.8. The average molecular weight is 516 g/mol. The van der Waals surface area contributed by atoms with Crippen LogP contribution in [0, 0.1) is 0 Å². The third kappa shape index (κ3) is 6.65. The molecule has 2 aliphatic heterocycles. The van der Waals surface area contributed by atoms with Gasteiger partial charge in [0, 0.05) is 26.2 Å². The van der Waals surface area contributed by atoms with Crippen LogP contribution in [-0.4, -0.2) is 73.3 Å². The molecule has 1 amide bonds. The molecule has 162 valence electrons. The number of benzene rings is 1. The Morgan fingerprint density at radius 2 is 2.10 bits per heavy atom. The van der Waals surface area contributed by atoms with Gasteiger partial charge in [0.15, 0.2) is 5.96 Å². The van der Waals surface area contributed by atoms with Crippen LogP contribution in [0.2, 0.25) is 0 Å². The summed E-state index contributed by atoms with van der Waals surface area (Å²) in [5, 5.41) is 3.47. The SMILES string of the molecule is COc1cccc(CCCNC2=NCC3CN(C(=O)OC(C)(C)C)CCN23)c1.I. The molecule has 1 atom stereocenters. The summed E-state index contributed by atoms with van der Waals surface area (Å²) in [4.78, 5) is 21.0. The van der Waals surface area contributed by atoms with Crippen LogP contribution in [0.1, 0.15) is 32.8 Å². The highest BCUT2D eigenvalue weighted by Gasteiger charge is 2.36. The molecule has 8 heteroatoms. The lowest BCUT2D eigenvalue weighted by Crippen LogP contribution is -2.57. The summed E-state index contributed by atoms with van der Waals surface area (Å²) in [7, 11) is 1.69. The number of piperazine rings is 1. The Morgan fingerprint density at radius 1 is 1.31 bits per heavy atom. The number of aliphatic imine (C=N–C) groups is 1. The first-order valence-electron chi connectivity index (χ1n) is 10.0. The van der Waals surface area contributed by atoms with Crippen LogP contribution in [0.15, 0.2) is 29.3 Å². The van der Waals surface area contributed by atoms with E-state index in [1.807, 2.05) is 32.9 Å². The van der Waals surface area contributed by atoms with Gasteiger partial charge in [-0.1, -0.05) is 12.1 Å². The van der Waals surface area contributed by atoms with Crippen molar-refractivity contribution < 1.29 is 14.3 Å². The second-order valence-corrected chi connectivity index (χ2v) is 8.32. The van der Waals surface area contributed by atoms with E-state index in [4.69, 9.17) is 9.47 Å². The normalized spacial score (nSPS) is 18.5. The molecular formula is C21H33IN4O3. The first kappa shape index (κ1) is 23.6. The summed E-state index contributed by atoms with van der Waals surface area (Å²) >= 11 is 0. The largest absolute Gasteiger partial charge is 0.497 e. The van der Waals surface area contributed by atoms with Crippen LogP contribution in [0.5, 0.6) is 5.75 Å². The second-order valence-electron chi connectivity index (χ2n) is 8.32. The highest BCUT2D eigenvalue weighted by molar-refractivity contribution is 14.0. The number of hydrogen-bond donors (Lipinski definition) is 1. The molecule has 2 heterocycles. The van der Waals surface area contributed by atoms with E-state index < -0.39 is 5.60 Å². The van der Waals surface area contributed by atoms with Crippen LogP contribution in [0.3, 0.4) is 0 Å². The number of nitrogens with zero attached hydrogens (tertiary/aromatic N) is 3. The molecule has 7 nitrogen and oxygen atoms in total. The Bertz CT molecular complexity index is 720. The van der Waals surface area contributed by atoms with Crippen LogP contribution < -0.4 is 10.1 Å². The Hall–Kier alpha value is -1.71. The quantitative estimate of drug-likeness (QED) is 0.482. The van der Waals surface area contributed by atoms with Crippen molar-refractivity contribution in [3.63, 3.8) is 0 Å². The standard InChI is InChI=1S/C21H32N4O3.HI/c1-21(2,3)28-20(26)24-11-12-25-17(15-24)14-23-19(25)22-10-6-8-16-7-5-9-18(13-16)27-4;/h5,7,9,13,17H,6,8,10-12,14-15H2,1-4H3,(H,22,23);1H. The molecule has 1 fully saturated rings. The zero-order chi connectivity index (χ0) is 20.1. The number of ether oxygens (including phenoxy) is 2. The van der Waals surface area contributed by atoms with Crippen molar-refractivity contribution in [2.24, 2.45) is 4.99 Å². The van der Waals surface area contributed by atoms with Gasteiger partial charge in [0.05, 0.1) is 19.7 Å². The number of guanidine groups is 1. The van der Waals surface area contributed by atoms with Gasteiger partial charge in [0.1, 0.15) is 11.4 Å². The summed E-state index contributed by atoms with van der Waals surface area (Å²) in [5.74, 6) is 1.86. The van der Waals surface area contributed by atoms with Crippen molar-refractivity contribution in [2.45, 2.75) is 45.3 Å². The summed E-state index contributed by atoms with van der Waals surface area (Å²) in [6.45, 7) is 9.38. The van der Waals surface area contributed by atoms with Gasteiger partial charge in [-0.25, -0.2) is 4.79 Å². The zero-order valence-corrected chi connectivity index (χ0v) is 20.1. The first-order chi connectivity index (χ1) is 13.4. The van der Waals surface area contributed by atoms with Crippen molar-refractivity contribution in [2.75, 3.05) is 39.8 Å². The Kier molecular flexibility index (Phi) is 8.42. The maximum Gasteiger partial charge on any atom is 0.410 e. The molecule has 29 heavy (non-hydrogen) atoms. The molecule has 0 radical (unpaired) electrons. The number of nitrogens with one attached hydrogen (secondary N) is 1. The molecule has 0 bridgehead atoms. The van der Waals surface area contributed by atoms with Gasteiger partial charge in [-0.2, -0.15) is 0 Å². The molecule has 0 spiro atoms. The molecule has 1 aromatic rings. The average Bonchev–Trinajstić information content (AvgIpc) is 3.06. The number of carbonyl (C=O) groups is 1. The van der Waals surface area contributed by atoms with E-state index in [2.05, 4.69) is 27.3 Å². The predicted octanol–water partition coefficient (Wildman–Crippen LogP) is 3.13. The van der Waals surface area contributed by atoms with Crippen LogP contribution in [0.25, 0.3) is 0 Å². The lowest BCUT2D eigenvalue weighted by atomic mass is 10.1. The third-order valence-corrected chi connectivity index (χ3v) is 4.92. The number of rotatable bonds is 5. The molecule has 1 N–H and O–H groups in total. The number of fused-ring (bicyclic) bond motifs is 1. The minimum atomic E-state index is -0.462. The topological polar surface area (TPSA) is 66.4 Å². The molecule has 0 saturated carbocycles. The minimum Gasteiger partial charge on any atom is -0.497 e. The highest BCUT2D eigenvalue weighted by Crippen LogP contribution is 2.19. The van der Waals surface area contributed by atoms with Gasteiger partial charge in [-0.15, -0.1) is 24.0 Å². The first-order valence-corrected chi connectivity index (χ1v) is 10.0. The Balaban J connectivity index is 0.00000300. The fourth-order valence-corrected chi connectivity index (χ4v) is 3.54. The predicted molar refractivity (Wildman–Crippen MR) is 125 cm³/mol. The summed E-state index contributed by atoms with van der Waals surface area (Å²) in [5.41, 5.74) is 0.814. The molecule has 1 unspecified atom stereocenters. The Morgan fingerprint density at radius 3 is 2.83 bits per heavy atom. The second kappa shape index (κ2) is 10.4. The molecule has 3 rings (SSSR count). The van der Waals surface area contributed by atoms with Crippen molar-refractivity contribution in [3.05, 3.63) is 29.8 Å². The van der Waals surface area contributed by atoms with Crippen molar-refractivity contribution >= 4 is 36.0 Å². The van der Waals surface area contributed by atoms with Crippen LogP contribution in [-0.2, 0) is 11.2 Å². The van der Waals surface area contributed by atoms with Gasteiger partial charge in [0.25, 0.3) is 0 Å². The maximum atomic E-state index is 12.3. The molecule has 2 aliphatic rings. The third-order valence-electron chi connectivity index (χ3n) is 4.92. The summed E-state index contributed by atoms with van der Waals surface area (Å²) < 4.78 is 10.8. The van der Waals surface area contributed by atoms with Gasteiger partial charge in [-0.3, -0.25) is 4.99 Å². The molecule has 0 aliphatic carbocycles. The number of carbonyl (C=O) groups excluding carboxylic acids is 1. The summed E-state index contributed by atoms with van der Waals surface area (Å²) in [6, 6.07) is 8.44. The van der Waals surface area contributed by atoms with Crippen LogP contribution in [0.4, 0.5) is 4.79 Å². The lowest BCUT2D eigenvalue weighted by molar-refractivity contribution is 0.0137. The van der Waals surface area contributed by atoms with E-state index in [0.29, 0.717) is 13.1 Å². The number of amides is 1. The van der Waals surface area contributed by atoms with E-state index in [0.717, 1.165) is 44.2 Å². The van der Waals surface area contributed by atoms with E-state index >= 15 is 0 Å². The molecule has 1 aromatic carbocycles. The van der Waals surface area contributed by atoms with Gasteiger partial charge in [0.2, 0.25) is 0 Å². The fraction of sp³-hybridized carbons (Fsp3) is 0.619. The Labute approximate surface area is 190 Å². The van der Waals surface area contributed by atoms with E-state index in [1.165, 1.54) is 5.56 Å².